The molecule has 0 aliphatic carbocycles. The maximum atomic E-state index is 11.3. The second kappa shape index (κ2) is 7.26. The number of pyridine rings is 1. The third-order valence-electron chi connectivity index (χ3n) is 2.28. The van der Waals surface area contributed by atoms with Gasteiger partial charge in [0.05, 0.1) is 5.69 Å². The van der Waals surface area contributed by atoms with Crippen molar-refractivity contribution in [2.75, 3.05) is 5.75 Å². The average Bonchev–Trinajstić information content (AvgIpc) is 2.38. The molecule has 0 aliphatic rings. The minimum absolute atomic E-state index is 0.218. The molecular weight excluding hydrogens is 236 g/mol. The van der Waals surface area contributed by atoms with Gasteiger partial charge in [-0.1, -0.05) is 13.0 Å². The van der Waals surface area contributed by atoms with E-state index < -0.39 is 0 Å². The van der Waals surface area contributed by atoms with Gasteiger partial charge in [-0.3, -0.25) is 10.2 Å². The highest BCUT2D eigenvalue weighted by Gasteiger charge is 2.06. The number of rotatable bonds is 6. The molecule has 1 amide bonds. The molecule has 17 heavy (non-hydrogen) atoms. The Morgan fingerprint density at radius 3 is 3.00 bits per heavy atom. The predicted molar refractivity (Wildman–Crippen MR) is 70.3 cm³/mol. The summed E-state index contributed by atoms with van der Waals surface area (Å²) in [6.07, 6.45) is 0.968. The SMILES string of the molecule is CCC(N)CSCc1cccc(C(=O)NN)n1. The first-order valence-corrected chi connectivity index (χ1v) is 6.63. The fourth-order valence-electron chi connectivity index (χ4n) is 1.19. The second-order valence-corrected chi connectivity index (χ2v) is 4.70. The first-order valence-electron chi connectivity index (χ1n) is 5.47. The molecule has 0 aliphatic heterocycles. The van der Waals surface area contributed by atoms with E-state index in [0.717, 1.165) is 23.6 Å². The van der Waals surface area contributed by atoms with Crippen LogP contribution in [0.3, 0.4) is 0 Å². The summed E-state index contributed by atoms with van der Waals surface area (Å²) in [5, 5.41) is 0. The van der Waals surface area contributed by atoms with Gasteiger partial charge in [-0.05, 0) is 18.6 Å². The first-order chi connectivity index (χ1) is 8.17. The molecule has 1 unspecified atom stereocenters. The molecule has 6 heteroatoms. The van der Waals surface area contributed by atoms with Crippen LogP contribution in [0.15, 0.2) is 18.2 Å². The summed E-state index contributed by atoms with van der Waals surface area (Å²) in [6.45, 7) is 2.07. The molecular formula is C11H18N4OS. The van der Waals surface area contributed by atoms with Gasteiger partial charge in [0.25, 0.3) is 5.91 Å². The number of carbonyl (C=O) groups excluding carboxylic acids is 1. The standard InChI is InChI=1S/C11H18N4OS/c1-2-8(12)6-17-7-9-4-3-5-10(14-9)11(16)15-13/h3-5,8H,2,6-7,12-13H2,1H3,(H,15,16). The Labute approximate surface area is 105 Å². The topological polar surface area (TPSA) is 94.0 Å². The lowest BCUT2D eigenvalue weighted by Gasteiger charge is -2.08. The number of hydrogen-bond acceptors (Lipinski definition) is 5. The van der Waals surface area contributed by atoms with Crippen LogP contribution < -0.4 is 17.0 Å². The maximum absolute atomic E-state index is 11.3. The molecule has 0 aromatic carbocycles. The minimum Gasteiger partial charge on any atom is -0.327 e. The van der Waals surface area contributed by atoms with Crippen LogP contribution in [-0.4, -0.2) is 22.7 Å². The molecule has 0 bridgehead atoms. The van der Waals surface area contributed by atoms with Crippen LogP contribution in [-0.2, 0) is 5.75 Å². The van der Waals surface area contributed by atoms with Gasteiger partial charge in [-0.2, -0.15) is 11.8 Å². The first kappa shape index (κ1) is 14.0. The summed E-state index contributed by atoms with van der Waals surface area (Å²) in [5.41, 5.74) is 9.08. The molecule has 94 valence electrons. The summed E-state index contributed by atoms with van der Waals surface area (Å²) in [7, 11) is 0. The van der Waals surface area contributed by atoms with Crippen LogP contribution in [0.2, 0.25) is 0 Å². The van der Waals surface area contributed by atoms with Crippen LogP contribution in [0.5, 0.6) is 0 Å². The number of nitrogens with two attached hydrogens (primary N) is 2. The van der Waals surface area contributed by atoms with Gasteiger partial charge in [0.2, 0.25) is 0 Å². The van der Waals surface area contributed by atoms with Gasteiger partial charge in [-0.15, -0.1) is 0 Å². The van der Waals surface area contributed by atoms with Gasteiger partial charge in [0.15, 0.2) is 0 Å². The maximum Gasteiger partial charge on any atom is 0.283 e. The van der Waals surface area contributed by atoms with E-state index in [9.17, 15) is 4.79 Å². The van der Waals surface area contributed by atoms with Gasteiger partial charge < -0.3 is 5.73 Å². The molecule has 1 aromatic rings. The van der Waals surface area contributed by atoms with Crippen molar-refractivity contribution < 1.29 is 4.79 Å². The highest BCUT2D eigenvalue weighted by atomic mass is 32.2. The van der Waals surface area contributed by atoms with Gasteiger partial charge in [0, 0.05) is 17.5 Å². The third kappa shape index (κ3) is 4.72. The van der Waals surface area contributed by atoms with Crippen molar-refractivity contribution >= 4 is 17.7 Å². The van der Waals surface area contributed by atoms with Crippen LogP contribution in [0, 0.1) is 0 Å². The summed E-state index contributed by atoms with van der Waals surface area (Å²) in [6, 6.07) is 5.54. The predicted octanol–water partition coefficient (Wildman–Crippen LogP) is 0.656. The number of nitrogens with one attached hydrogen (secondary N) is 1. The minimum atomic E-state index is -0.373. The summed E-state index contributed by atoms with van der Waals surface area (Å²) >= 11 is 1.72. The molecule has 0 spiro atoms. The average molecular weight is 254 g/mol. The number of nitrogens with zero attached hydrogens (tertiary/aromatic N) is 1. The summed E-state index contributed by atoms with van der Waals surface area (Å²) in [5.74, 6) is 6.32. The lowest BCUT2D eigenvalue weighted by atomic mass is 10.3. The molecule has 1 rings (SSSR count). The Morgan fingerprint density at radius 2 is 2.35 bits per heavy atom. The Kier molecular flexibility index (Phi) is 5.96. The van der Waals surface area contributed by atoms with E-state index in [2.05, 4.69) is 17.3 Å². The lowest BCUT2D eigenvalue weighted by Crippen LogP contribution is -2.30. The van der Waals surface area contributed by atoms with Crippen molar-refractivity contribution in [1.82, 2.24) is 10.4 Å². The van der Waals surface area contributed by atoms with Crippen molar-refractivity contribution in [2.24, 2.45) is 11.6 Å². The molecule has 5 N–H and O–H groups in total. The number of hydrazine groups is 1. The van der Waals surface area contributed by atoms with Crippen LogP contribution >= 0.6 is 11.8 Å². The van der Waals surface area contributed by atoms with Gasteiger partial charge in [0.1, 0.15) is 5.69 Å². The zero-order valence-electron chi connectivity index (χ0n) is 9.85. The van der Waals surface area contributed by atoms with Crippen molar-refractivity contribution in [3.8, 4) is 0 Å². The molecule has 0 fully saturated rings. The highest BCUT2D eigenvalue weighted by molar-refractivity contribution is 7.98. The van der Waals surface area contributed by atoms with E-state index >= 15 is 0 Å². The van der Waals surface area contributed by atoms with E-state index in [1.807, 2.05) is 6.07 Å². The number of carbonyl (C=O) groups is 1. The highest BCUT2D eigenvalue weighted by Crippen LogP contribution is 2.12. The molecule has 1 aromatic heterocycles. The molecule has 0 radical (unpaired) electrons. The fourth-order valence-corrected chi connectivity index (χ4v) is 2.22. The number of nitrogen functional groups attached to an aromatic ring is 1. The van der Waals surface area contributed by atoms with Gasteiger partial charge in [-0.25, -0.2) is 10.8 Å². The van der Waals surface area contributed by atoms with Crippen LogP contribution in [0.1, 0.15) is 29.5 Å². The molecule has 1 atom stereocenters. The molecule has 5 nitrogen and oxygen atoms in total. The number of aromatic nitrogens is 1. The summed E-state index contributed by atoms with van der Waals surface area (Å²) < 4.78 is 0. The van der Waals surface area contributed by atoms with Crippen molar-refractivity contribution in [2.45, 2.75) is 25.1 Å². The number of thioether (sulfide) groups is 1. The number of amides is 1. The molecule has 0 saturated carbocycles. The Balaban J connectivity index is 2.51. The Bertz CT molecular complexity index is 372. The van der Waals surface area contributed by atoms with Crippen molar-refractivity contribution in [3.63, 3.8) is 0 Å². The number of hydrogen-bond donors (Lipinski definition) is 3. The quantitative estimate of drug-likeness (QED) is 0.394. The zero-order valence-corrected chi connectivity index (χ0v) is 10.7. The molecule has 0 saturated heterocycles. The third-order valence-corrected chi connectivity index (χ3v) is 3.44. The molecule has 1 heterocycles. The van der Waals surface area contributed by atoms with Crippen LogP contribution in [0.25, 0.3) is 0 Å². The van der Waals surface area contributed by atoms with Crippen molar-refractivity contribution in [3.05, 3.63) is 29.6 Å². The Morgan fingerprint density at radius 1 is 1.59 bits per heavy atom. The monoisotopic (exact) mass is 254 g/mol. The smallest absolute Gasteiger partial charge is 0.283 e. The van der Waals surface area contributed by atoms with Crippen LogP contribution in [0.4, 0.5) is 0 Å². The van der Waals surface area contributed by atoms with E-state index in [0.29, 0.717) is 5.69 Å². The van der Waals surface area contributed by atoms with Gasteiger partial charge >= 0.3 is 0 Å². The van der Waals surface area contributed by atoms with E-state index in [1.165, 1.54) is 0 Å². The largest absolute Gasteiger partial charge is 0.327 e. The normalized spacial score (nSPS) is 12.2. The van der Waals surface area contributed by atoms with E-state index in [-0.39, 0.29) is 11.9 Å². The Hall–Kier alpha value is -1.11. The van der Waals surface area contributed by atoms with E-state index in [4.69, 9.17) is 11.6 Å². The second-order valence-electron chi connectivity index (χ2n) is 3.67. The summed E-state index contributed by atoms with van der Waals surface area (Å²) in [4.78, 5) is 15.5. The zero-order chi connectivity index (χ0) is 12.7. The van der Waals surface area contributed by atoms with Crippen molar-refractivity contribution in [1.29, 1.82) is 0 Å². The fraction of sp³-hybridized carbons (Fsp3) is 0.455. The van der Waals surface area contributed by atoms with E-state index in [1.54, 1.807) is 23.9 Å². The lowest BCUT2D eigenvalue weighted by molar-refractivity contribution is 0.0948.